The molecule has 0 aliphatic carbocycles. The Morgan fingerprint density at radius 2 is 0.516 bits per heavy atom. The molecule has 6 heteroatoms. The van der Waals surface area contributed by atoms with Gasteiger partial charge in [-0.1, -0.05) is 194 Å². The van der Waals surface area contributed by atoms with E-state index in [-0.39, 0.29) is 0 Å². The molecule has 0 fully saturated rings. The molecule has 62 heavy (non-hydrogen) atoms. The summed E-state index contributed by atoms with van der Waals surface area (Å²) < 4.78 is 0. The molecule has 290 valence electrons. The fourth-order valence-corrected chi connectivity index (χ4v) is 8.06. The summed E-state index contributed by atoms with van der Waals surface area (Å²) in [5, 5.41) is 4.93. The maximum atomic E-state index is 5.13. The second-order valence-corrected chi connectivity index (χ2v) is 15.1. The minimum Gasteiger partial charge on any atom is -0.208 e. The molecule has 0 bridgehead atoms. The quantitative estimate of drug-likeness (QED) is 0.143. The van der Waals surface area contributed by atoms with Crippen LogP contribution in [0.1, 0.15) is 0 Å². The number of fused-ring (bicyclic) bond motifs is 3. The third kappa shape index (κ3) is 7.16. The Labute approximate surface area is 359 Å². The number of rotatable bonds is 8. The van der Waals surface area contributed by atoms with Gasteiger partial charge in [0.25, 0.3) is 0 Å². The standard InChI is InChI=1S/C56H36N6/c1-5-17-39(18-6-1)51-57-52(40-19-7-2-8-20-40)60-55(59-51)45-33-44(37-29-31-38(32-30-37)50-36-43-25-13-14-26-47(43)48-27-15-16-28-49(48)50)34-46(35-45)56-61-53(41-21-9-3-10-22-41)58-54(62-56)42-23-11-4-12-24-42/h1-36H. The van der Waals surface area contributed by atoms with Gasteiger partial charge >= 0.3 is 0 Å². The van der Waals surface area contributed by atoms with Crippen LogP contribution in [-0.4, -0.2) is 29.9 Å². The van der Waals surface area contributed by atoms with Crippen LogP contribution >= 0.6 is 0 Å². The summed E-state index contributed by atoms with van der Waals surface area (Å²) in [6.07, 6.45) is 0. The van der Waals surface area contributed by atoms with Crippen molar-refractivity contribution in [3.63, 3.8) is 0 Å². The lowest BCUT2D eigenvalue weighted by molar-refractivity contribution is 1.07. The summed E-state index contributed by atoms with van der Waals surface area (Å²) in [5.41, 5.74) is 9.56. The van der Waals surface area contributed by atoms with Gasteiger partial charge in [-0.3, -0.25) is 0 Å². The van der Waals surface area contributed by atoms with Gasteiger partial charge in [0.15, 0.2) is 34.9 Å². The van der Waals surface area contributed by atoms with Crippen molar-refractivity contribution in [1.82, 2.24) is 29.9 Å². The van der Waals surface area contributed by atoms with Gasteiger partial charge in [0.2, 0.25) is 0 Å². The molecular formula is C56H36N6. The van der Waals surface area contributed by atoms with Gasteiger partial charge in [0, 0.05) is 33.4 Å². The Morgan fingerprint density at radius 3 is 0.952 bits per heavy atom. The van der Waals surface area contributed by atoms with Crippen LogP contribution in [0.3, 0.4) is 0 Å². The number of aromatic nitrogens is 6. The third-order valence-electron chi connectivity index (χ3n) is 11.1. The van der Waals surface area contributed by atoms with Gasteiger partial charge in [-0.2, -0.15) is 0 Å². The lowest BCUT2D eigenvalue weighted by Crippen LogP contribution is -2.02. The van der Waals surface area contributed by atoms with Crippen LogP contribution in [-0.2, 0) is 0 Å². The zero-order chi connectivity index (χ0) is 41.2. The first-order valence-electron chi connectivity index (χ1n) is 20.6. The topological polar surface area (TPSA) is 77.3 Å². The highest BCUT2D eigenvalue weighted by molar-refractivity contribution is 6.13. The van der Waals surface area contributed by atoms with Crippen molar-refractivity contribution in [3.8, 4) is 90.6 Å². The van der Waals surface area contributed by atoms with Gasteiger partial charge in [0.05, 0.1) is 0 Å². The number of hydrogen-bond donors (Lipinski definition) is 0. The highest BCUT2D eigenvalue weighted by atomic mass is 15.0. The maximum Gasteiger partial charge on any atom is 0.164 e. The number of nitrogens with zero attached hydrogens (tertiary/aromatic N) is 6. The molecule has 2 heterocycles. The normalized spacial score (nSPS) is 11.2. The van der Waals surface area contributed by atoms with Gasteiger partial charge in [-0.15, -0.1) is 0 Å². The van der Waals surface area contributed by atoms with E-state index in [0.717, 1.165) is 50.1 Å². The summed E-state index contributed by atoms with van der Waals surface area (Å²) in [5.74, 6) is 3.44. The number of benzene rings is 9. The summed E-state index contributed by atoms with van der Waals surface area (Å²) in [6.45, 7) is 0. The SMILES string of the molecule is c1ccc(-c2nc(-c3ccccc3)nc(-c3cc(-c4ccc(-c5cc6ccccc6c6ccccc56)cc4)cc(-c4nc(-c5ccccc5)nc(-c5ccccc5)n4)c3)n2)cc1. The van der Waals surface area contributed by atoms with Crippen molar-refractivity contribution in [2.45, 2.75) is 0 Å². The Bertz CT molecular complexity index is 3120. The molecule has 0 atom stereocenters. The molecule has 0 saturated carbocycles. The summed E-state index contributed by atoms with van der Waals surface area (Å²) >= 11 is 0. The van der Waals surface area contributed by atoms with E-state index in [9.17, 15) is 0 Å². The second kappa shape index (κ2) is 15.9. The molecule has 0 saturated heterocycles. The fourth-order valence-electron chi connectivity index (χ4n) is 8.06. The molecule has 2 aromatic heterocycles. The van der Waals surface area contributed by atoms with Crippen LogP contribution in [0.4, 0.5) is 0 Å². The van der Waals surface area contributed by atoms with Crippen LogP contribution in [0, 0.1) is 0 Å². The molecule has 0 aliphatic heterocycles. The largest absolute Gasteiger partial charge is 0.208 e. The van der Waals surface area contributed by atoms with E-state index in [1.807, 2.05) is 121 Å². The van der Waals surface area contributed by atoms with Gasteiger partial charge < -0.3 is 0 Å². The average Bonchev–Trinajstić information content (AvgIpc) is 3.37. The van der Waals surface area contributed by atoms with E-state index in [1.165, 1.54) is 27.1 Å². The first-order valence-corrected chi connectivity index (χ1v) is 20.6. The second-order valence-electron chi connectivity index (χ2n) is 15.1. The van der Waals surface area contributed by atoms with Crippen molar-refractivity contribution in [2.75, 3.05) is 0 Å². The molecule has 11 aromatic rings. The first-order chi connectivity index (χ1) is 30.7. The third-order valence-corrected chi connectivity index (χ3v) is 11.1. The monoisotopic (exact) mass is 792 g/mol. The van der Waals surface area contributed by atoms with E-state index in [1.54, 1.807) is 0 Å². The minimum absolute atomic E-state index is 0.542. The maximum absolute atomic E-state index is 5.13. The van der Waals surface area contributed by atoms with E-state index < -0.39 is 0 Å². The summed E-state index contributed by atoms with van der Waals surface area (Å²) in [4.78, 5) is 30.5. The highest BCUT2D eigenvalue weighted by Gasteiger charge is 2.18. The minimum atomic E-state index is 0.542. The fraction of sp³-hybridized carbons (Fsp3) is 0. The number of hydrogen-bond acceptors (Lipinski definition) is 6. The zero-order valence-electron chi connectivity index (χ0n) is 33.5. The average molecular weight is 793 g/mol. The highest BCUT2D eigenvalue weighted by Crippen LogP contribution is 2.38. The summed E-state index contributed by atoms with van der Waals surface area (Å²) in [6, 6.07) is 74.9. The van der Waals surface area contributed by atoms with E-state index in [4.69, 9.17) is 29.9 Å². The predicted octanol–water partition coefficient (Wildman–Crippen LogP) is 13.7. The van der Waals surface area contributed by atoms with Crippen LogP contribution in [0.5, 0.6) is 0 Å². The lowest BCUT2D eigenvalue weighted by atomic mass is 9.92. The van der Waals surface area contributed by atoms with Gasteiger partial charge in [-0.05, 0) is 68.1 Å². The predicted molar refractivity (Wildman–Crippen MR) is 252 cm³/mol. The van der Waals surface area contributed by atoms with Crippen molar-refractivity contribution in [1.29, 1.82) is 0 Å². The van der Waals surface area contributed by atoms with Crippen molar-refractivity contribution in [3.05, 3.63) is 218 Å². The smallest absolute Gasteiger partial charge is 0.164 e. The van der Waals surface area contributed by atoms with Crippen LogP contribution in [0.15, 0.2) is 218 Å². The Morgan fingerprint density at radius 1 is 0.194 bits per heavy atom. The molecule has 0 radical (unpaired) electrons. The Hall–Kier alpha value is -8.48. The lowest BCUT2D eigenvalue weighted by Gasteiger charge is -2.14. The Kier molecular flexibility index (Phi) is 9.41. The molecule has 0 spiro atoms. The van der Waals surface area contributed by atoms with Crippen molar-refractivity contribution >= 4 is 21.5 Å². The molecule has 0 N–H and O–H groups in total. The summed E-state index contributed by atoms with van der Waals surface area (Å²) in [7, 11) is 0. The van der Waals surface area contributed by atoms with E-state index in [2.05, 4.69) is 97.1 Å². The van der Waals surface area contributed by atoms with Crippen LogP contribution in [0.2, 0.25) is 0 Å². The zero-order valence-corrected chi connectivity index (χ0v) is 33.5. The van der Waals surface area contributed by atoms with Crippen LogP contribution < -0.4 is 0 Å². The van der Waals surface area contributed by atoms with E-state index >= 15 is 0 Å². The Balaban J connectivity index is 1.11. The van der Waals surface area contributed by atoms with Gasteiger partial charge in [0.1, 0.15) is 0 Å². The molecule has 0 aliphatic rings. The molecule has 9 aromatic carbocycles. The van der Waals surface area contributed by atoms with Crippen LogP contribution in [0.25, 0.3) is 112 Å². The van der Waals surface area contributed by atoms with Crippen molar-refractivity contribution < 1.29 is 0 Å². The molecule has 0 unspecified atom stereocenters. The first kappa shape index (κ1) is 36.6. The molecular weight excluding hydrogens is 757 g/mol. The molecule has 11 rings (SSSR count). The molecule has 6 nitrogen and oxygen atoms in total. The van der Waals surface area contributed by atoms with Gasteiger partial charge in [-0.25, -0.2) is 29.9 Å². The van der Waals surface area contributed by atoms with Crippen molar-refractivity contribution in [2.24, 2.45) is 0 Å². The molecule has 0 amide bonds. The van der Waals surface area contributed by atoms with E-state index in [0.29, 0.717) is 34.9 Å².